The first kappa shape index (κ1) is 16.5. The highest BCUT2D eigenvalue weighted by atomic mass is 32.1. The zero-order valence-electron chi connectivity index (χ0n) is 14.5. The van der Waals surface area contributed by atoms with Gasteiger partial charge in [-0.25, -0.2) is 4.98 Å². The molecule has 0 bridgehead atoms. The third-order valence-corrected chi connectivity index (χ3v) is 5.23. The minimum absolute atomic E-state index is 0.0564. The predicted molar refractivity (Wildman–Crippen MR) is 106 cm³/mol. The number of carbonyl (C=O) groups is 1. The molecule has 0 saturated heterocycles. The Hall–Kier alpha value is -2.92. The first-order chi connectivity index (χ1) is 12.7. The van der Waals surface area contributed by atoms with E-state index in [4.69, 9.17) is 0 Å². The maximum atomic E-state index is 12.8. The summed E-state index contributed by atoms with van der Waals surface area (Å²) in [7, 11) is 0. The monoisotopic (exact) mass is 361 g/mol. The Bertz CT molecular complexity index is 1050. The molecule has 2 aromatic carbocycles. The van der Waals surface area contributed by atoms with Crippen LogP contribution in [0.4, 0.5) is 0 Å². The van der Waals surface area contributed by atoms with E-state index in [0.29, 0.717) is 12.1 Å². The van der Waals surface area contributed by atoms with Crippen molar-refractivity contribution in [3.63, 3.8) is 0 Å². The molecule has 4 rings (SSSR count). The van der Waals surface area contributed by atoms with E-state index in [0.717, 1.165) is 27.3 Å². The minimum Gasteiger partial charge on any atom is -0.347 e. The van der Waals surface area contributed by atoms with Crippen molar-refractivity contribution in [1.29, 1.82) is 0 Å². The van der Waals surface area contributed by atoms with Crippen LogP contribution >= 0.6 is 11.3 Å². The smallest absolute Gasteiger partial charge is 0.253 e. The van der Waals surface area contributed by atoms with Crippen LogP contribution in [-0.4, -0.2) is 15.5 Å². The van der Waals surface area contributed by atoms with E-state index in [9.17, 15) is 4.79 Å². The molecule has 130 valence electrons. The molecule has 0 radical (unpaired) electrons. The number of benzene rings is 2. The first-order valence-electron chi connectivity index (χ1n) is 8.52. The van der Waals surface area contributed by atoms with E-state index < -0.39 is 0 Å². The van der Waals surface area contributed by atoms with Crippen LogP contribution in [0.2, 0.25) is 0 Å². The van der Waals surface area contributed by atoms with Gasteiger partial charge in [0.15, 0.2) is 0 Å². The molecule has 1 amide bonds. The van der Waals surface area contributed by atoms with Gasteiger partial charge in [0, 0.05) is 34.7 Å². The van der Waals surface area contributed by atoms with Crippen molar-refractivity contribution in [2.45, 2.75) is 20.0 Å². The van der Waals surface area contributed by atoms with Crippen LogP contribution in [0, 0.1) is 6.92 Å². The molecule has 0 aliphatic carbocycles. The summed E-state index contributed by atoms with van der Waals surface area (Å²) < 4.78 is 2.14. The predicted octanol–water partition coefficient (Wildman–Crippen LogP) is 4.38. The van der Waals surface area contributed by atoms with Crippen molar-refractivity contribution < 1.29 is 4.79 Å². The Morgan fingerprint density at radius 1 is 1.12 bits per heavy atom. The molecule has 0 aliphatic heterocycles. The number of hydrogen-bond donors (Lipinski definition) is 1. The maximum Gasteiger partial charge on any atom is 0.253 e. The van der Waals surface area contributed by atoms with Crippen molar-refractivity contribution >= 4 is 28.1 Å². The fourth-order valence-electron chi connectivity index (χ4n) is 3.09. The van der Waals surface area contributed by atoms with Crippen LogP contribution in [0.5, 0.6) is 0 Å². The number of amides is 1. The molecule has 26 heavy (non-hydrogen) atoms. The Morgan fingerprint density at radius 2 is 1.88 bits per heavy atom. The average molecular weight is 361 g/mol. The molecule has 0 atom stereocenters. The summed E-state index contributed by atoms with van der Waals surface area (Å²) in [5.74, 6) is -0.0564. The first-order valence-corrected chi connectivity index (χ1v) is 9.33. The van der Waals surface area contributed by atoms with E-state index in [2.05, 4.69) is 33.1 Å². The van der Waals surface area contributed by atoms with Gasteiger partial charge in [-0.1, -0.05) is 48.5 Å². The lowest BCUT2D eigenvalue weighted by Crippen LogP contribution is -2.22. The van der Waals surface area contributed by atoms with Crippen LogP contribution in [-0.2, 0) is 13.1 Å². The van der Waals surface area contributed by atoms with Gasteiger partial charge in [0.05, 0.1) is 17.1 Å². The molecule has 4 nitrogen and oxygen atoms in total. The van der Waals surface area contributed by atoms with Crippen LogP contribution in [0.3, 0.4) is 0 Å². The number of thiazole rings is 1. The molecule has 4 aromatic rings. The molecule has 2 heterocycles. The lowest BCUT2D eigenvalue weighted by atomic mass is 10.1. The van der Waals surface area contributed by atoms with Crippen molar-refractivity contribution in [3.05, 3.63) is 88.0 Å². The molecule has 1 N–H and O–H groups in total. The van der Waals surface area contributed by atoms with Gasteiger partial charge in [0.1, 0.15) is 0 Å². The third-order valence-electron chi connectivity index (χ3n) is 4.32. The number of rotatable bonds is 5. The van der Waals surface area contributed by atoms with Gasteiger partial charge in [0.2, 0.25) is 0 Å². The molecular formula is C21H19N3OS. The van der Waals surface area contributed by atoms with Crippen molar-refractivity contribution in [3.8, 4) is 0 Å². The fourth-order valence-corrected chi connectivity index (χ4v) is 3.82. The maximum absolute atomic E-state index is 12.8. The molecule has 0 saturated carbocycles. The number of para-hydroxylation sites is 1. The van der Waals surface area contributed by atoms with Crippen LogP contribution in [0.1, 0.15) is 25.8 Å². The Labute approximate surface area is 156 Å². The summed E-state index contributed by atoms with van der Waals surface area (Å²) in [6.07, 6.45) is 3.77. The second-order valence-electron chi connectivity index (χ2n) is 6.20. The highest BCUT2D eigenvalue weighted by molar-refractivity contribution is 7.11. The SMILES string of the molecule is Cc1ncc(CNC(=O)c2cn(Cc3ccccc3)c3ccccc23)s1. The summed E-state index contributed by atoms with van der Waals surface area (Å²) in [6, 6.07) is 18.3. The van der Waals surface area contributed by atoms with E-state index in [-0.39, 0.29) is 5.91 Å². The van der Waals surface area contributed by atoms with Crippen LogP contribution in [0.25, 0.3) is 10.9 Å². The van der Waals surface area contributed by atoms with Crippen LogP contribution in [0.15, 0.2) is 67.0 Å². The standard InChI is InChI=1S/C21H19N3OS/c1-15-22-11-17(26-15)12-23-21(25)19-14-24(13-16-7-3-2-4-8-16)20-10-6-5-9-18(19)20/h2-11,14H,12-13H2,1H3,(H,23,25). The number of carbonyl (C=O) groups excluding carboxylic acids is 1. The highest BCUT2D eigenvalue weighted by Crippen LogP contribution is 2.23. The Balaban J connectivity index is 1.61. The van der Waals surface area contributed by atoms with E-state index in [1.54, 1.807) is 11.3 Å². The second kappa shape index (κ2) is 7.14. The number of aryl methyl sites for hydroxylation is 1. The summed E-state index contributed by atoms with van der Waals surface area (Å²) in [4.78, 5) is 18.1. The summed E-state index contributed by atoms with van der Waals surface area (Å²) >= 11 is 1.60. The number of nitrogens with zero attached hydrogens (tertiary/aromatic N) is 2. The molecule has 2 aromatic heterocycles. The number of aromatic nitrogens is 2. The molecule has 0 fully saturated rings. The number of fused-ring (bicyclic) bond motifs is 1. The lowest BCUT2D eigenvalue weighted by molar-refractivity contribution is 0.0952. The quantitative estimate of drug-likeness (QED) is 0.573. The minimum atomic E-state index is -0.0564. The van der Waals surface area contributed by atoms with Crippen LogP contribution < -0.4 is 5.32 Å². The van der Waals surface area contributed by atoms with Crippen molar-refractivity contribution in [1.82, 2.24) is 14.9 Å². The highest BCUT2D eigenvalue weighted by Gasteiger charge is 2.15. The van der Waals surface area contributed by atoms with Gasteiger partial charge >= 0.3 is 0 Å². The molecule has 0 aliphatic rings. The van der Waals surface area contributed by atoms with Gasteiger partial charge in [-0.15, -0.1) is 11.3 Å². The van der Waals surface area contributed by atoms with Crippen molar-refractivity contribution in [2.24, 2.45) is 0 Å². The fraction of sp³-hybridized carbons (Fsp3) is 0.143. The van der Waals surface area contributed by atoms with Gasteiger partial charge in [0.25, 0.3) is 5.91 Å². The number of nitrogens with one attached hydrogen (secondary N) is 1. The average Bonchev–Trinajstić information content (AvgIpc) is 3.25. The normalized spacial score (nSPS) is 11.0. The lowest BCUT2D eigenvalue weighted by Gasteiger charge is -2.05. The molecular weight excluding hydrogens is 342 g/mol. The summed E-state index contributed by atoms with van der Waals surface area (Å²) in [5.41, 5.74) is 2.98. The zero-order valence-corrected chi connectivity index (χ0v) is 15.3. The van der Waals surface area contributed by atoms with E-state index in [1.165, 1.54) is 5.56 Å². The second-order valence-corrected chi connectivity index (χ2v) is 7.52. The molecule has 0 unspecified atom stereocenters. The van der Waals surface area contributed by atoms with E-state index in [1.807, 2.05) is 55.7 Å². The van der Waals surface area contributed by atoms with E-state index >= 15 is 0 Å². The van der Waals surface area contributed by atoms with Gasteiger partial charge < -0.3 is 9.88 Å². The van der Waals surface area contributed by atoms with Crippen molar-refractivity contribution in [2.75, 3.05) is 0 Å². The summed E-state index contributed by atoms with van der Waals surface area (Å²) in [6.45, 7) is 3.21. The molecule has 5 heteroatoms. The van der Waals surface area contributed by atoms with Gasteiger partial charge in [-0.2, -0.15) is 0 Å². The zero-order chi connectivity index (χ0) is 17.9. The Kier molecular flexibility index (Phi) is 4.54. The summed E-state index contributed by atoms with van der Waals surface area (Å²) in [5, 5.41) is 5.00. The topological polar surface area (TPSA) is 46.9 Å². The third kappa shape index (κ3) is 3.39. The largest absolute Gasteiger partial charge is 0.347 e. The Morgan fingerprint density at radius 3 is 2.65 bits per heavy atom. The van der Waals surface area contributed by atoms with Gasteiger partial charge in [-0.3, -0.25) is 4.79 Å². The van der Waals surface area contributed by atoms with Gasteiger partial charge in [-0.05, 0) is 18.6 Å². The number of hydrogen-bond acceptors (Lipinski definition) is 3. The molecule has 0 spiro atoms.